The van der Waals surface area contributed by atoms with Gasteiger partial charge in [0.2, 0.25) is 0 Å². The van der Waals surface area contributed by atoms with Gasteiger partial charge in [0.05, 0.1) is 6.54 Å². The first kappa shape index (κ1) is 13.5. The third-order valence-electron chi connectivity index (χ3n) is 2.79. The number of aromatic amines is 1. The van der Waals surface area contributed by atoms with Crippen molar-refractivity contribution in [2.45, 2.75) is 20.4 Å². The highest BCUT2D eigenvalue weighted by atomic mass is 35.5. The highest BCUT2D eigenvalue weighted by molar-refractivity contribution is 6.30. The Bertz CT molecular complexity index is 608. The summed E-state index contributed by atoms with van der Waals surface area (Å²) < 4.78 is 0. The number of carbonyl (C=O) groups is 1. The molecule has 6 heteroatoms. The molecule has 0 radical (unpaired) electrons. The molecule has 1 amide bonds. The molecule has 1 aromatic carbocycles. The third kappa shape index (κ3) is 3.12. The monoisotopic (exact) mass is 278 g/mol. The largest absolute Gasteiger partial charge is 0.334 e. The normalized spacial score (nSPS) is 10.5. The number of H-pyrrole nitrogens is 1. The van der Waals surface area contributed by atoms with Crippen LogP contribution in [0.25, 0.3) is 0 Å². The molecule has 0 saturated heterocycles. The zero-order valence-electron chi connectivity index (χ0n) is 11.1. The second-order valence-electron chi connectivity index (χ2n) is 4.46. The maximum atomic E-state index is 12.3. The van der Waals surface area contributed by atoms with Crippen molar-refractivity contribution >= 4 is 17.5 Å². The average Bonchev–Trinajstić information content (AvgIpc) is 2.74. The van der Waals surface area contributed by atoms with Gasteiger partial charge in [0, 0.05) is 17.6 Å². The molecule has 1 N–H and O–H groups in total. The molecule has 0 aliphatic heterocycles. The smallest absolute Gasteiger partial charge is 0.254 e. The zero-order valence-corrected chi connectivity index (χ0v) is 11.8. The number of aromatic nitrogens is 3. The van der Waals surface area contributed by atoms with E-state index in [9.17, 15) is 4.79 Å². The topological polar surface area (TPSA) is 61.9 Å². The molecule has 0 atom stereocenters. The number of halogens is 1. The van der Waals surface area contributed by atoms with Crippen molar-refractivity contribution < 1.29 is 4.79 Å². The van der Waals surface area contributed by atoms with Crippen molar-refractivity contribution in [3.8, 4) is 0 Å². The fourth-order valence-electron chi connectivity index (χ4n) is 1.82. The predicted octanol–water partition coefficient (Wildman–Crippen LogP) is 2.35. The summed E-state index contributed by atoms with van der Waals surface area (Å²) in [4.78, 5) is 18.1. The van der Waals surface area contributed by atoms with Crippen LogP contribution in [0.3, 0.4) is 0 Å². The lowest BCUT2D eigenvalue weighted by molar-refractivity contribution is 0.0781. The summed E-state index contributed by atoms with van der Waals surface area (Å²) in [7, 11) is 1.72. The minimum Gasteiger partial charge on any atom is -0.334 e. The van der Waals surface area contributed by atoms with Crippen molar-refractivity contribution in [2.24, 2.45) is 0 Å². The van der Waals surface area contributed by atoms with E-state index < -0.39 is 0 Å². The van der Waals surface area contributed by atoms with Crippen LogP contribution < -0.4 is 0 Å². The van der Waals surface area contributed by atoms with Crippen LogP contribution in [0.4, 0.5) is 0 Å². The Labute approximate surface area is 116 Å². The first-order valence-electron chi connectivity index (χ1n) is 5.87. The Morgan fingerprint density at radius 1 is 1.42 bits per heavy atom. The molecular formula is C13H15ClN4O. The average molecular weight is 279 g/mol. The van der Waals surface area contributed by atoms with Crippen LogP contribution in [0.15, 0.2) is 18.2 Å². The van der Waals surface area contributed by atoms with E-state index in [2.05, 4.69) is 15.2 Å². The van der Waals surface area contributed by atoms with Gasteiger partial charge >= 0.3 is 0 Å². The van der Waals surface area contributed by atoms with Crippen molar-refractivity contribution in [1.29, 1.82) is 0 Å². The summed E-state index contributed by atoms with van der Waals surface area (Å²) in [6.45, 7) is 4.05. The number of hydrogen-bond acceptors (Lipinski definition) is 3. The molecule has 0 saturated carbocycles. The maximum absolute atomic E-state index is 12.3. The number of nitrogens with one attached hydrogen (secondary N) is 1. The van der Waals surface area contributed by atoms with E-state index in [4.69, 9.17) is 11.6 Å². The van der Waals surface area contributed by atoms with Gasteiger partial charge in [-0.15, -0.1) is 0 Å². The van der Waals surface area contributed by atoms with Crippen LogP contribution in [-0.2, 0) is 6.54 Å². The lowest BCUT2D eigenvalue weighted by atomic mass is 10.1. The lowest BCUT2D eigenvalue weighted by Crippen LogP contribution is -2.27. The second kappa shape index (κ2) is 5.40. The summed E-state index contributed by atoms with van der Waals surface area (Å²) >= 11 is 5.88. The third-order valence-corrected chi connectivity index (χ3v) is 3.02. The number of hydrogen-bond donors (Lipinski definition) is 1. The van der Waals surface area contributed by atoms with Gasteiger partial charge in [-0.25, -0.2) is 4.98 Å². The number of nitrogens with zero attached hydrogens (tertiary/aromatic N) is 3. The summed E-state index contributed by atoms with van der Waals surface area (Å²) in [6, 6.07) is 5.23. The Kier molecular flexibility index (Phi) is 3.85. The van der Waals surface area contributed by atoms with Gasteiger partial charge < -0.3 is 4.90 Å². The van der Waals surface area contributed by atoms with Gasteiger partial charge in [-0.05, 0) is 37.6 Å². The van der Waals surface area contributed by atoms with E-state index in [1.54, 1.807) is 30.1 Å². The standard InChI is InChI=1S/C13H15ClN4O/c1-8-6-10(14)4-5-11(8)13(19)18(3)7-12-15-9(2)16-17-12/h4-6H,7H2,1-3H3,(H,15,16,17). The number of aryl methyl sites for hydroxylation is 2. The number of benzene rings is 1. The van der Waals surface area contributed by atoms with Crippen molar-refractivity contribution in [3.05, 3.63) is 46.0 Å². The van der Waals surface area contributed by atoms with E-state index in [1.165, 1.54) is 0 Å². The number of amides is 1. The van der Waals surface area contributed by atoms with Gasteiger partial charge in [0.1, 0.15) is 5.82 Å². The molecule has 1 aromatic heterocycles. The van der Waals surface area contributed by atoms with E-state index in [0.29, 0.717) is 23.0 Å². The van der Waals surface area contributed by atoms with Gasteiger partial charge in [-0.2, -0.15) is 5.10 Å². The molecule has 2 rings (SSSR count). The van der Waals surface area contributed by atoms with E-state index in [0.717, 1.165) is 11.4 Å². The van der Waals surface area contributed by atoms with E-state index >= 15 is 0 Å². The van der Waals surface area contributed by atoms with Gasteiger partial charge in [-0.3, -0.25) is 9.89 Å². The van der Waals surface area contributed by atoms with Gasteiger partial charge in [0.25, 0.3) is 5.91 Å². The Morgan fingerprint density at radius 3 is 2.74 bits per heavy atom. The predicted molar refractivity (Wildman–Crippen MR) is 73.1 cm³/mol. The van der Waals surface area contributed by atoms with Crippen molar-refractivity contribution in [3.63, 3.8) is 0 Å². The van der Waals surface area contributed by atoms with Crippen LogP contribution >= 0.6 is 11.6 Å². The molecule has 0 unspecified atom stereocenters. The van der Waals surface area contributed by atoms with E-state index in [1.807, 2.05) is 13.8 Å². The molecular weight excluding hydrogens is 264 g/mol. The first-order valence-corrected chi connectivity index (χ1v) is 6.24. The van der Waals surface area contributed by atoms with Gasteiger partial charge in [0.15, 0.2) is 5.82 Å². The Balaban J connectivity index is 2.14. The zero-order chi connectivity index (χ0) is 14.0. The van der Waals surface area contributed by atoms with Gasteiger partial charge in [-0.1, -0.05) is 11.6 Å². The molecule has 2 aromatic rings. The van der Waals surface area contributed by atoms with Crippen LogP contribution in [0.5, 0.6) is 0 Å². The minimum absolute atomic E-state index is 0.0726. The molecule has 0 aliphatic rings. The Morgan fingerprint density at radius 2 is 2.16 bits per heavy atom. The molecule has 5 nitrogen and oxygen atoms in total. The molecule has 0 fully saturated rings. The molecule has 100 valence electrons. The fourth-order valence-corrected chi connectivity index (χ4v) is 2.04. The highest BCUT2D eigenvalue weighted by Gasteiger charge is 2.16. The Hall–Kier alpha value is -1.88. The summed E-state index contributed by atoms with van der Waals surface area (Å²) in [5, 5.41) is 7.40. The first-order chi connectivity index (χ1) is 8.97. The SMILES string of the molecule is Cc1nc(CN(C)C(=O)c2ccc(Cl)cc2C)n[nH]1. The molecule has 1 heterocycles. The lowest BCUT2D eigenvalue weighted by Gasteiger charge is -2.16. The van der Waals surface area contributed by atoms with Crippen LogP contribution in [0.1, 0.15) is 27.6 Å². The molecule has 19 heavy (non-hydrogen) atoms. The minimum atomic E-state index is -0.0726. The molecule has 0 bridgehead atoms. The maximum Gasteiger partial charge on any atom is 0.254 e. The summed E-state index contributed by atoms with van der Waals surface area (Å²) in [5.41, 5.74) is 1.50. The summed E-state index contributed by atoms with van der Waals surface area (Å²) in [5.74, 6) is 1.26. The van der Waals surface area contributed by atoms with Crippen LogP contribution in [-0.4, -0.2) is 33.0 Å². The number of carbonyl (C=O) groups excluding carboxylic acids is 1. The molecule has 0 spiro atoms. The van der Waals surface area contributed by atoms with Crippen molar-refractivity contribution in [2.75, 3.05) is 7.05 Å². The van der Waals surface area contributed by atoms with Crippen LogP contribution in [0, 0.1) is 13.8 Å². The van der Waals surface area contributed by atoms with Crippen LogP contribution in [0.2, 0.25) is 5.02 Å². The highest BCUT2D eigenvalue weighted by Crippen LogP contribution is 2.17. The quantitative estimate of drug-likeness (QED) is 0.937. The second-order valence-corrected chi connectivity index (χ2v) is 4.89. The van der Waals surface area contributed by atoms with E-state index in [-0.39, 0.29) is 5.91 Å². The van der Waals surface area contributed by atoms with Crippen molar-refractivity contribution in [1.82, 2.24) is 20.1 Å². The molecule has 0 aliphatic carbocycles. The number of rotatable bonds is 3. The summed E-state index contributed by atoms with van der Waals surface area (Å²) in [6.07, 6.45) is 0. The fraction of sp³-hybridized carbons (Fsp3) is 0.308.